The van der Waals surface area contributed by atoms with E-state index >= 15 is 0 Å². The fourth-order valence-electron chi connectivity index (χ4n) is 11.7. The number of carbonyl (C=O) groups excluding carboxylic acids is 4. The van der Waals surface area contributed by atoms with E-state index in [2.05, 4.69) is 34.6 Å². The van der Waals surface area contributed by atoms with Crippen molar-refractivity contribution in [3.05, 3.63) is 0 Å². The average molecular weight is 1400 g/mol. The molecule has 0 heterocycles. The quantitative estimate of drug-likeness (QED) is 0.0222. The second kappa shape index (κ2) is 69.2. The lowest BCUT2D eigenvalue weighted by atomic mass is 10.0. The molecule has 0 spiro atoms. The standard InChI is InChI=1S/C76H148O17P2/c1-6-9-12-15-18-21-23-24-25-26-30-33-37-40-45-50-55-60-74(79)87-66-72(93-76(81)62-57-52-47-42-38-34-31-28-27-29-32-36-39-43-48-53-58-69(4)5)68-91-95(84,85)89-64-70(77)63-88-94(82,83)90-67-71(65-86-73(78)59-54-49-44-20-17-14-11-8-3)92-75(80)61-56-51-46-41-35-22-19-16-13-10-7-2/h69-72,77H,6-68H2,1-5H3,(H,82,83)(H,84,85)/t70-,71+,72+/m0/s1. The Morgan fingerprint density at radius 3 is 0.716 bits per heavy atom. The Balaban J connectivity index is 5.19. The molecule has 0 amide bonds. The van der Waals surface area contributed by atoms with Gasteiger partial charge >= 0.3 is 39.5 Å². The highest BCUT2D eigenvalue weighted by molar-refractivity contribution is 7.47. The molecule has 3 N–H and O–H groups in total. The number of phosphoric acid groups is 2. The molecule has 95 heavy (non-hydrogen) atoms. The van der Waals surface area contributed by atoms with Crippen molar-refractivity contribution in [2.24, 2.45) is 5.92 Å². The molecule has 0 radical (unpaired) electrons. The van der Waals surface area contributed by atoms with Crippen molar-refractivity contribution in [3.63, 3.8) is 0 Å². The number of esters is 4. The van der Waals surface area contributed by atoms with E-state index in [9.17, 15) is 43.2 Å². The van der Waals surface area contributed by atoms with Crippen molar-refractivity contribution in [2.45, 2.75) is 419 Å². The molecule has 0 aliphatic rings. The number of carbonyl (C=O) groups is 4. The number of hydrogen-bond acceptors (Lipinski definition) is 15. The van der Waals surface area contributed by atoms with E-state index in [1.54, 1.807) is 0 Å². The minimum Gasteiger partial charge on any atom is -0.462 e. The molecule has 564 valence electrons. The zero-order valence-corrected chi connectivity index (χ0v) is 63.6. The second-order valence-corrected chi connectivity index (χ2v) is 30.8. The topological polar surface area (TPSA) is 237 Å². The maximum atomic E-state index is 13.1. The average Bonchev–Trinajstić information content (AvgIpc) is 1.43. The number of hydrogen-bond donors (Lipinski definition) is 3. The largest absolute Gasteiger partial charge is 0.472 e. The molecular weight excluding hydrogens is 1250 g/mol. The van der Waals surface area contributed by atoms with Gasteiger partial charge in [0.1, 0.15) is 19.3 Å². The van der Waals surface area contributed by atoms with Crippen LogP contribution in [0.15, 0.2) is 0 Å². The summed E-state index contributed by atoms with van der Waals surface area (Å²) in [7, 11) is -9.90. The zero-order valence-electron chi connectivity index (χ0n) is 61.8. The third-order valence-electron chi connectivity index (χ3n) is 17.8. The van der Waals surface area contributed by atoms with Gasteiger partial charge in [0, 0.05) is 25.7 Å². The highest BCUT2D eigenvalue weighted by Crippen LogP contribution is 2.45. The third-order valence-corrected chi connectivity index (χ3v) is 19.7. The van der Waals surface area contributed by atoms with Gasteiger partial charge in [-0.2, -0.15) is 0 Å². The van der Waals surface area contributed by atoms with E-state index in [0.717, 1.165) is 102 Å². The second-order valence-electron chi connectivity index (χ2n) is 27.9. The van der Waals surface area contributed by atoms with Gasteiger partial charge in [0.15, 0.2) is 12.2 Å². The number of aliphatic hydroxyl groups excluding tert-OH is 1. The smallest absolute Gasteiger partial charge is 0.462 e. The third kappa shape index (κ3) is 70.3. The van der Waals surface area contributed by atoms with Crippen molar-refractivity contribution in [3.8, 4) is 0 Å². The summed E-state index contributed by atoms with van der Waals surface area (Å²) in [6, 6.07) is 0. The molecule has 0 rings (SSSR count). The Morgan fingerprint density at radius 1 is 0.284 bits per heavy atom. The number of ether oxygens (including phenoxy) is 4. The van der Waals surface area contributed by atoms with E-state index in [4.69, 9.17) is 37.0 Å². The van der Waals surface area contributed by atoms with E-state index in [1.807, 2.05) is 0 Å². The molecule has 5 atom stereocenters. The predicted molar refractivity (Wildman–Crippen MR) is 386 cm³/mol. The number of phosphoric ester groups is 2. The minimum atomic E-state index is -4.96. The van der Waals surface area contributed by atoms with Gasteiger partial charge in [-0.15, -0.1) is 0 Å². The van der Waals surface area contributed by atoms with E-state index < -0.39 is 97.5 Å². The van der Waals surface area contributed by atoms with Gasteiger partial charge < -0.3 is 33.8 Å². The van der Waals surface area contributed by atoms with Crippen molar-refractivity contribution in [1.82, 2.24) is 0 Å². The van der Waals surface area contributed by atoms with Crippen LogP contribution in [0.4, 0.5) is 0 Å². The lowest BCUT2D eigenvalue weighted by Gasteiger charge is -2.21. The van der Waals surface area contributed by atoms with Gasteiger partial charge in [-0.3, -0.25) is 37.3 Å². The summed E-state index contributed by atoms with van der Waals surface area (Å²) >= 11 is 0. The number of rotatable bonds is 76. The van der Waals surface area contributed by atoms with Crippen LogP contribution in [0.25, 0.3) is 0 Å². The van der Waals surface area contributed by atoms with E-state index in [0.29, 0.717) is 25.7 Å². The lowest BCUT2D eigenvalue weighted by molar-refractivity contribution is -0.161. The summed E-state index contributed by atoms with van der Waals surface area (Å²) in [4.78, 5) is 72.7. The molecule has 0 aromatic rings. The normalized spacial score (nSPS) is 13.9. The first-order chi connectivity index (χ1) is 46.0. The van der Waals surface area contributed by atoms with Crippen LogP contribution < -0.4 is 0 Å². The molecule has 0 fully saturated rings. The van der Waals surface area contributed by atoms with Gasteiger partial charge in [0.25, 0.3) is 0 Å². The van der Waals surface area contributed by atoms with Crippen LogP contribution in [0.5, 0.6) is 0 Å². The highest BCUT2D eigenvalue weighted by atomic mass is 31.2. The fraction of sp³-hybridized carbons (Fsp3) is 0.947. The van der Waals surface area contributed by atoms with Gasteiger partial charge in [-0.05, 0) is 31.6 Å². The molecule has 0 saturated carbocycles. The van der Waals surface area contributed by atoms with E-state index in [1.165, 1.54) is 218 Å². The first-order valence-corrected chi connectivity index (χ1v) is 42.6. The van der Waals surface area contributed by atoms with Crippen LogP contribution in [-0.4, -0.2) is 96.7 Å². The van der Waals surface area contributed by atoms with Crippen LogP contribution in [0.2, 0.25) is 0 Å². The summed E-state index contributed by atoms with van der Waals surface area (Å²) in [5.74, 6) is -1.31. The molecule has 19 heteroatoms. The van der Waals surface area contributed by atoms with Gasteiger partial charge in [0.05, 0.1) is 26.4 Å². The van der Waals surface area contributed by atoms with Crippen LogP contribution >= 0.6 is 15.6 Å². The lowest BCUT2D eigenvalue weighted by Crippen LogP contribution is -2.30. The summed E-state index contributed by atoms with van der Waals surface area (Å²) in [6.45, 7) is 7.30. The van der Waals surface area contributed by atoms with Gasteiger partial charge in [-0.25, -0.2) is 9.13 Å². The molecule has 0 aliphatic heterocycles. The number of aliphatic hydroxyl groups is 1. The van der Waals surface area contributed by atoms with E-state index in [-0.39, 0.29) is 25.7 Å². The van der Waals surface area contributed by atoms with Crippen LogP contribution in [0, 0.1) is 5.92 Å². The summed E-state index contributed by atoms with van der Waals surface area (Å²) in [5, 5.41) is 10.6. The molecule has 0 aromatic carbocycles. The summed E-state index contributed by atoms with van der Waals surface area (Å²) < 4.78 is 68.4. The minimum absolute atomic E-state index is 0.107. The fourth-order valence-corrected chi connectivity index (χ4v) is 13.3. The monoisotopic (exact) mass is 1400 g/mol. The predicted octanol–water partition coefficient (Wildman–Crippen LogP) is 22.5. The molecule has 0 aromatic heterocycles. The Bertz CT molecular complexity index is 1820. The Morgan fingerprint density at radius 2 is 0.484 bits per heavy atom. The molecule has 2 unspecified atom stereocenters. The summed E-state index contributed by atoms with van der Waals surface area (Å²) in [6.07, 6.45) is 58.3. The highest BCUT2D eigenvalue weighted by Gasteiger charge is 2.30. The van der Waals surface area contributed by atoms with Crippen molar-refractivity contribution >= 4 is 39.5 Å². The van der Waals surface area contributed by atoms with Crippen LogP contribution in [-0.2, 0) is 65.4 Å². The molecular formula is C76H148O17P2. The molecule has 0 saturated heterocycles. The molecule has 17 nitrogen and oxygen atoms in total. The van der Waals surface area contributed by atoms with Gasteiger partial charge in [-0.1, -0.05) is 349 Å². The Labute approximate surface area is 581 Å². The van der Waals surface area contributed by atoms with Crippen molar-refractivity contribution < 1.29 is 80.2 Å². The summed E-state index contributed by atoms with van der Waals surface area (Å²) in [5.41, 5.74) is 0. The zero-order chi connectivity index (χ0) is 69.8. The van der Waals surface area contributed by atoms with Crippen LogP contribution in [0.3, 0.4) is 0 Å². The first-order valence-electron chi connectivity index (χ1n) is 39.6. The molecule has 0 aliphatic carbocycles. The maximum absolute atomic E-state index is 13.1. The van der Waals surface area contributed by atoms with Gasteiger partial charge in [0.2, 0.25) is 0 Å². The molecule has 0 bridgehead atoms. The number of unbranched alkanes of at least 4 members (excludes halogenated alkanes) is 48. The first kappa shape index (κ1) is 93.1. The van der Waals surface area contributed by atoms with Crippen LogP contribution in [0.1, 0.15) is 401 Å². The Kier molecular flexibility index (Phi) is 67.7. The maximum Gasteiger partial charge on any atom is 0.472 e. The van der Waals surface area contributed by atoms with Crippen molar-refractivity contribution in [2.75, 3.05) is 39.6 Å². The van der Waals surface area contributed by atoms with Crippen molar-refractivity contribution in [1.29, 1.82) is 0 Å². The SMILES string of the molecule is CCCCCCCCCCCCCCCCCCCC(=O)OC[C@H](COP(=O)(O)OC[C@@H](O)COP(=O)(O)OC[C@@H](COC(=O)CCCCCCCCCC)OC(=O)CCCCCCCCCCCCC)OC(=O)CCCCCCCCCCCCCCCCCCC(C)C. The Hall–Kier alpha value is -1.94.